The zero-order chi connectivity index (χ0) is 13.5. The molecule has 0 saturated carbocycles. The van der Waals surface area contributed by atoms with Crippen LogP contribution < -0.4 is 4.90 Å². The van der Waals surface area contributed by atoms with Crippen molar-refractivity contribution in [2.75, 3.05) is 11.4 Å². The van der Waals surface area contributed by atoms with Crippen LogP contribution in [0.5, 0.6) is 0 Å². The molecule has 0 bridgehead atoms. The van der Waals surface area contributed by atoms with E-state index in [4.69, 9.17) is 0 Å². The number of hydrogen-bond acceptors (Lipinski definition) is 4. The molecular formula is C15H18N4. The van der Waals surface area contributed by atoms with Crippen molar-refractivity contribution >= 4 is 5.95 Å². The summed E-state index contributed by atoms with van der Waals surface area (Å²) in [4.78, 5) is 15.3. The van der Waals surface area contributed by atoms with Crippen LogP contribution in [0, 0.1) is 12.3 Å². The number of pyridine rings is 1. The predicted octanol–water partition coefficient (Wildman–Crippen LogP) is 2.77. The zero-order valence-corrected chi connectivity index (χ0v) is 11.5. The molecule has 0 unspecified atom stereocenters. The highest BCUT2D eigenvalue weighted by Gasteiger charge is 2.47. The van der Waals surface area contributed by atoms with Crippen LogP contribution in [0.1, 0.15) is 31.1 Å². The normalized spacial score (nSPS) is 21.0. The minimum Gasteiger partial charge on any atom is -0.333 e. The van der Waals surface area contributed by atoms with E-state index in [1.165, 1.54) is 5.56 Å². The molecule has 0 aliphatic carbocycles. The topological polar surface area (TPSA) is 41.9 Å². The second-order valence-electron chi connectivity index (χ2n) is 5.80. The van der Waals surface area contributed by atoms with E-state index in [1.54, 1.807) is 0 Å². The Hall–Kier alpha value is -1.97. The molecule has 3 rings (SSSR count). The Balaban J connectivity index is 1.96. The Kier molecular flexibility index (Phi) is 2.73. The highest BCUT2D eigenvalue weighted by atomic mass is 15.3. The SMILES string of the molecule is Cc1ccnc(N2CC(C)(C)[C@@H]2c2ccncc2)n1. The number of hydrogen-bond donors (Lipinski definition) is 0. The van der Waals surface area contributed by atoms with Gasteiger partial charge in [0.2, 0.25) is 5.95 Å². The summed E-state index contributed by atoms with van der Waals surface area (Å²) in [6, 6.07) is 6.40. The number of aromatic nitrogens is 3. The lowest BCUT2D eigenvalue weighted by atomic mass is 9.72. The maximum atomic E-state index is 4.54. The molecule has 4 heteroatoms. The van der Waals surface area contributed by atoms with Gasteiger partial charge in [0.1, 0.15) is 0 Å². The lowest BCUT2D eigenvalue weighted by Crippen LogP contribution is -2.56. The van der Waals surface area contributed by atoms with Crippen LogP contribution in [0.3, 0.4) is 0 Å². The smallest absolute Gasteiger partial charge is 0.226 e. The molecule has 0 spiro atoms. The van der Waals surface area contributed by atoms with Gasteiger partial charge in [0.25, 0.3) is 0 Å². The molecule has 3 heterocycles. The number of aryl methyl sites for hydroxylation is 1. The van der Waals surface area contributed by atoms with E-state index in [1.807, 2.05) is 31.6 Å². The first-order chi connectivity index (χ1) is 9.08. The molecule has 1 fully saturated rings. The standard InChI is InChI=1S/C15H18N4/c1-11-4-9-17-14(18-11)19-10-15(2,3)13(19)12-5-7-16-8-6-12/h4-9,13H,10H2,1-3H3/t13-/m0/s1. The van der Waals surface area contributed by atoms with E-state index >= 15 is 0 Å². The number of rotatable bonds is 2. The van der Waals surface area contributed by atoms with Crippen molar-refractivity contribution in [3.8, 4) is 0 Å². The Labute approximate surface area is 113 Å². The summed E-state index contributed by atoms with van der Waals surface area (Å²) in [5.74, 6) is 0.820. The molecule has 0 amide bonds. The van der Waals surface area contributed by atoms with Gasteiger partial charge in [-0.15, -0.1) is 0 Å². The molecule has 0 N–H and O–H groups in total. The fourth-order valence-corrected chi connectivity index (χ4v) is 2.86. The van der Waals surface area contributed by atoms with Crippen LogP contribution in [0.4, 0.5) is 5.95 Å². The third kappa shape index (κ3) is 2.07. The van der Waals surface area contributed by atoms with Crippen molar-refractivity contribution in [3.05, 3.63) is 48.0 Å². The molecule has 4 nitrogen and oxygen atoms in total. The highest BCUT2D eigenvalue weighted by Crippen LogP contribution is 2.49. The van der Waals surface area contributed by atoms with Crippen molar-refractivity contribution in [3.63, 3.8) is 0 Å². The summed E-state index contributed by atoms with van der Waals surface area (Å²) in [6.45, 7) is 7.54. The summed E-state index contributed by atoms with van der Waals surface area (Å²) in [5.41, 5.74) is 2.51. The second kappa shape index (κ2) is 4.30. The van der Waals surface area contributed by atoms with E-state index in [2.05, 4.69) is 45.8 Å². The average Bonchev–Trinajstić information content (AvgIpc) is 2.37. The van der Waals surface area contributed by atoms with E-state index in [9.17, 15) is 0 Å². The third-order valence-electron chi connectivity index (χ3n) is 3.69. The molecule has 2 aromatic rings. The van der Waals surface area contributed by atoms with E-state index < -0.39 is 0 Å². The molecule has 1 saturated heterocycles. The van der Waals surface area contributed by atoms with Gasteiger partial charge in [0.15, 0.2) is 0 Å². The molecule has 2 aromatic heterocycles. The van der Waals surface area contributed by atoms with Crippen LogP contribution in [-0.4, -0.2) is 21.5 Å². The van der Waals surface area contributed by atoms with Gasteiger partial charge in [-0.2, -0.15) is 0 Å². The van der Waals surface area contributed by atoms with Gasteiger partial charge in [-0.3, -0.25) is 4.98 Å². The quantitative estimate of drug-likeness (QED) is 0.826. The predicted molar refractivity (Wildman–Crippen MR) is 74.9 cm³/mol. The van der Waals surface area contributed by atoms with Crippen molar-refractivity contribution < 1.29 is 0 Å². The first-order valence-electron chi connectivity index (χ1n) is 6.54. The van der Waals surface area contributed by atoms with Crippen LogP contribution >= 0.6 is 0 Å². The summed E-state index contributed by atoms with van der Waals surface area (Å²) >= 11 is 0. The minimum absolute atomic E-state index is 0.231. The molecule has 1 aliphatic rings. The van der Waals surface area contributed by atoms with Crippen molar-refractivity contribution in [2.24, 2.45) is 5.41 Å². The largest absolute Gasteiger partial charge is 0.333 e. The maximum Gasteiger partial charge on any atom is 0.226 e. The third-order valence-corrected chi connectivity index (χ3v) is 3.69. The fraction of sp³-hybridized carbons (Fsp3) is 0.400. The molecular weight excluding hydrogens is 236 g/mol. The van der Waals surface area contributed by atoms with E-state index in [-0.39, 0.29) is 5.41 Å². The number of anilines is 1. The van der Waals surface area contributed by atoms with Crippen molar-refractivity contribution in [1.82, 2.24) is 15.0 Å². The first kappa shape index (κ1) is 12.1. The van der Waals surface area contributed by atoms with Crippen LogP contribution in [0.2, 0.25) is 0 Å². The average molecular weight is 254 g/mol. The molecule has 19 heavy (non-hydrogen) atoms. The lowest BCUT2D eigenvalue weighted by Gasteiger charge is -2.54. The van der Waals surface area contributed by atoms with E-state index in [0.29, 0.717) is 6.04 Å². The first-order valence-corrected chi connectivity index (χ1v) is 6.54. The van der Waals surface area contributed by atoms with Gasteiger partial charge >= 0.3 is 0 Å². The second-order valence-corrected chi connectivity index (χ2v) is 5.80. The summed E-state index contributed by atoms with van der Waals surface area (Å²) in [7, 11) is 0. The Morgan fingerprint density at radius 2 is 1.89 bits per heavy atom. The molecule has 1 aliphatic heterocycles. The Morgan fingerprint density at radius 1 is 1.16 bits per heavy atom. The van der Waals surface area contributed by atoms with Crippen molar-refractivity contribution in [1.29, 1.82) is 0 Å². The monoisotopic (exact) mass is 254 g/mol. The maximum absolute atomic E-state index is 4.54. The van der Waals surface area contributed by atoms with Crippen molar-refractivity contribution in [2.45, 2.75) is 26.8 Å². The summed E-state index contributed by atoms with van der Waals surface area (Å²) in [5, 5.41) is 0. The van der Waals surface area contributed by atoms with Gasteiger partial charge in [-0.1, -0.05) is 13.8 Å². The van der Waals surface area contributed by atoms with Gasteiger partial charge in [0, 0.05) is 36.2 Å². The van der Waals surface area contributed by atoms with Gasteiger partial charge in [-0.05, 0) is 30.7 Å². The fourth-order valence-electron chi connectivity index (χ4n) is 2.86. The summed E-state index contributed by atoms with van der Waals surface area (Å²) in [6.07, 6.45) is 5.52. The van der Waals surface area contributed by atoms with Gasteiger partial charge in [-0.25, -0.2) is 9.97 Å². The molecule has 0 aromatic carbocycles. The molecule has 1 atom stereocenters. The van der Waals surface area contributed by atoms with Crippen LogP contribution in [0.15, 0.2) is 36.8 Å². The summed E-state index contributed by atoms with van der Waals surface area (Å²) < 4.78 is 0. The number of nitrogens with zero attached hydrogens (tertiary/aromatic N) is 4. The Bertz CT molecular complexity index is 580. The molecule has 98 valence electrons. The van der Waals surface area contributed by atoms with Crippen LogP contribution in [0.25, 0.3) is 0 Å². The zero-order valence-electron chi connectivity index (χ0n) is 11.5. The molecule has 0 radical (unpaired) electrons. The van der Waals surface area contributed by atoms with Gasteiger partial charge in [0.05, 0.1) is 6.04 Å². The van der Waals surface area contributed by atoms with Crippen LogP contribution in [-0.2, 0) is 0 Å². The minimum atomic E-state index is 0.231. The van der Waals surface area contributed by atoms with E-state index in [0.717, 1.165) is 18.2 Å². The highest BCUT2D eigenvalue weighted by molar-refractivity contribution is 5.44. The Morgan fingerprint density at radius 3 is 2.53 bits per heavy atom. The van der Waals surface area contributed by atoms with Gasteiger partial charge < -0.3 is 4.90 Å². The lowest BCUT2D eigenvalue weighted by molar-refractivity contribution is 0.177.